The number of rotatable bonds is 28. The van der Waals surface area contributed by atoms with Crippen LogP contribution in [0.15, 0.2) is 90.7 Å². The number of alkyl halides is 3. The van der Waals surface area contributed by atoms with Crippen LogP contribution < -0.4 is 25.6 Å². The van der Waals surface area contributed by atoms with E-state index in [-0.39, 0.29) is 62.6 Å². The van der Waals surface area contributed by atoms with E-state index < -0.39 is 47.2 Å². The number of hydrogen-bond donors (Lipinski definition) is 4. The molecule has 1 unspecified atom stereocenters. The quantitative estimate of drug-likeness (QED) is 0.0336. The van der Waals surface area contributed by atoms with E-state index >= 15 is 0 Å². The Bertz CT molecular complexity index is 3220. The molecule has 3 aromatic carbocycles. The van der Waals surface area contributed by atoms with Gasteiger partial charge in [0.2, 0.25) is 23.6 Å². The number of morpholine rings is 1. The topological polar surface area (TPSA) is 234 Å². The minimum atomic E-state index is -4.58. The number of halogens is 3. The number of unbranched alkanes of at least 4 members (excludes halogenated alkanes) is 2. The van der Waals surface area contributed by atoms with Crippen LogP contribution in [0, 0.1) is 19.3 Å². The molecule has 0 saturated carbocycles. The predicted octanol–water partition coefficient (Wildman–Crippen LogP) is 8.75. The lowest BCUT2D eigenvalue weighted by atomic mass is 9.85. The van der Waals surface area contributed by atoms with Crippen molar-refractivity contribution in [3.05, 3.63) is 124 Å². The number of ether oxygens (including phenoxy) is 5. The Morgan fingerprint density at radius 1 is 0.849 bits per heavy atom. The largest absolute Gasteiger partial charge is 0.474 e. The molecule has 0 aliphatic carbocycles. The molecule has 24 heteroatoms. The van der Waals surface area contributed by atoms with Crippen LogP contribution in [-0.2, 0) is 52.7 Å². The van der Waals surface area contributed by atoms with Crippen LogP contribution in [0.25, 0.3) is 21.6 Å². The van der Waals surface area contributed by atoms with E-state index in [2.05, 4.69) is 41.1 Å². The van der Waals surface area contributed by atoms with Gasteiger partial charge in [-0.3, -0.25) is 23.9 Å². The van der Waals surface area contributed by atoms with Crippen LogP contribution in [0.5, 0.6) is 5.88 Å². The molecule has 86 heavy (non-hydrogen) atoms. The third-order valence-electron chi connectivity index (χ3n) is 14.8. The molecule has 0 radical (unpaired) electrons. The first-order valence-corrected chi connectivity index (χ1v) is 29.9. The van der Waals surface area contributed by atoms with Crippen molar-refractivity contribution in [2.75, 3.05) is 82.7 Å². The summed E-state index contributed by atoms with van der Waals surface area (Å²) in [4.78, 5) is 67.8. The first kappa shape index (κ1) is 64.6. The van der Waals surface area contributed by atoms with Gasteiger partial charge in [0.15, 0.2) is 0 Å². The molecule has 2 fully saturated rings. The van der Waals surface area contributed by atoms with Crippen LogP contribution in [0.1, 0.15) is 104 Å². The van der Waals surface area contributed by atoms with E-state index in [1.54, 1.807) is 34.3 Å². The summed E-state index contributed by atoms with van der Waals surface area (Å²) in [6, 6.07) is 17.3. The Morgan fingerprint density at radius 2 is 1.58 bits per heavy atom. The molecule has 2 saturated heterocycles. The summed E-state index contributed by atoms with van der Waals surface area (Å²) in [5.41, 5.74) is 7.32. The summed E-state index contributed by atoms with van der Waals surface area (Å²) < 4.78 is 70.6. The fourth-order valence-electron chi connectivity index (χ4n) is 10.1. The van der Waals surface area contributed by atoms with Gasteiger partial charge in [0.1, 0.15) is 30.1 Å². The predicted molar refractivity (Wildman–Crippen MR) is 318 cm³/mol. The van der Waals surface area contributed by atoms with Crippen molar-refractivity contribution in [3.63, 3.8) is 0 Å². The van der Waals surface area contributed by atoms with Crippen molar-refractivity contribution in [3.8, 4) is 27.4 Å². The average molecular weight is 1210 g/mol. The summed E-state index contributed by atoms with van der Waals surface area (Å²) in [5.74, 6) is -1.27. The summed E-state index contributed by atoms with van der Waals surface area (Å²) in [7, 11) is 0. The van der Waals surface area contributed by atoms with Crippen LogP contribution in [0.2, 0.25) is 0 Å². The molecule has 0 bridgehead atoms. The maximum atomic E-state index is 14.1. The first-order valence-electron chi connectivity index (χ1n) is 29.0. The number of nitrogens with one attached hydrogen (secondary N) is 3. The van der Waals surface area contributed by atoms with E-state index in [9.17, 15) is 37.5 Å². The highest BCUT2D eigenvalue weighted by atomic mass is 32.1. The van der Waals surface area contributed by atoms with Gasteiger partial charge >= 0.3 is 6.18 Å². The fourth-order valence-corrected chi connectivity index (χ4v) is 10.9. The highest BCUT2D eigenvalue weighted by molar-refractivity contribution is 7.13. The lowest BCUT2D eigenvalue weighted by Gasteiger charge is -2.35. The molecule has 4 amide bonds. The summed E-state index contributed by atoms with van der Waals surface area (Å²) >= 11 is 1.57. The molecule has 2 aliphatic rings. The fraction of sp³-hybridized carbons (Fsp3) is 0.484. The SMILES string of the molecule is Cc1ccc(NC(=O)c2cccc(C(F)(F)F)c2)cc1-c1cnc(OCCOCCOCCOCc2cn(CCCCCC(=O)NC(C(=O)N3C[C@H](O)C[C@H]3C(=O)N[C@@H](C)c3ccc(-c4scnc4C)cc3)C(C)(C)C)nn2)c(N2CCOCC2)c1. The van der Waals surface area contributed by atoms with Gasteiger partial charge in [0, 0.05) is 62.0 Å². The molecule has 3 aromatic heterocycles. The van der Waals surface area contributed by atoms with Crippen molar-refractivity contribution in [2.45, 2.75) is 117 Å². The highest BCUT2D eigenvalue weighted by Crippen LogP contribution is 2.36. The lowest BCUT2D eigenvalue weighted by molar-refractivity contribution is -0.144. The van der Waals surface area contributed by atoms with Gasteiger partial charge in [-0.1, -0.05) is 68.8 Å². The summed E-state index contributed by atoms with van der Waals surface area (Å²) in [6.07, 6.45) is 0.439. The molecule has 4 atom stereocenters. The van der Waals surface area contributed by atoms with Gasteiger partial charge in [0.25, 0.3) is 5.91 Å². The minimum absolute atomic E-state index is 0.00752. The summed E-state index contributed by atoms with van der Waals surface area (Å²) in [5, 5.41) is 27.8. The maximum Gasteiger partial charge on any atom is 0.416 e. The van der Waals surface area contributed by atoms with Crippen molar-refractivity contribution in [1.29, 1.82) is 0 Å². The molecule has 0 spiro atoms. The van der Waals surface area contributed by atoms with Gasteiger partial charge < -0.3 is 54.5 Å². The van der Waals surface area contributed by atoms with E-state index in [1.807, 2.05) is 89.6 Å². The smallest absolute Gasteiger partial charge is 0.416 e. The number of likely N-dealkylation sites (tertiary alicyclic amines) is 1. The Labute approximate surface area is 503 Å². The zero-order valence-corrected chi connectivity index (χ0v) is 50.3. The van der Waals surface area contributed by atoms with Gasteiger partial charge in [-0.25, -0.2) is 9.97 Å². The van der Waals surface area contributed by atoms with Crippen molar-refractivity contribution < 1.29 is 61.1 Å². The lowest BCUT2D eigenvalue weighted by Crippen LogP contribution is -2.57. The van der Waals surface area contributed by atoms with Crippen molar-refractivity contribution in [2.24, 2.45) is 5.41 Å². The number of aryl methyl sites for hydroxylation is 3. The monoisotopic (exact) mass is 1210 g/mol. The Hall–Kier alpha value is -7.35. The maximum absolute atomic E-state index is 14.1. The van der Waals surface area contributed by atoms with E-state index in [4.69, 9.17) is 23.7 Å². The molecule has 5 heterocycles. The van der Waals surface area contributed by atoms with Gasteiger partial charge in [-0.15, -0.1) is 16.4 Å². The normalized spacial score (nSPS) is 16.2. The van der Waals surface area contributed by atoms with Crippen LogP contribution in [-0.4, -0.2) is 149 Å². The van der Waals surface area contributed by atoms with Crippen LogP contribution in [0.4, 0.5) is 24.5 Å². The van der Waals surface area contributed by atoms with Gasteiger partial charge in [-0.05, 0) is 97.7 Å². The standard InChI is InChI=1S/C62H77F3N10O10S/c1-40-14-19-48(69-57(78)45-11-10-12-47(31-45)62(63,64)65)33-51(40)46-32-53(73-21-23-81-24-22-73)59(66-35-46)85-30-29-83-26-25-82-27-28-84-38-49-36-74(72-71-49)20-9-7-8-13-54(77)70-56(61(4,5)6)60(80)75-37-50(76)34-52(75)58(79)68-41(2)43-15-17-44(18-16-43)55-42(3)67-39-86-55/h10-12,14-19,31-33,35-36,39,41,50,52,56,76H,7-9,13,20-30,34,37-38H2,1-6H3,(H,68,79)(H,69,78)(H,70,77)/t41-,50+,52-,56?/m0/s1. The second-order valence-electron chi connectivity index (χ2n) is 22.5. The van der Waals surface area contributed by atoms with Crippen molar-refractivity contribution >= 4 is 46.3 Å². The number of aliphatic hydroxyl groups is 1. The molecule has 20 nitrogen and oxygen atoms in total. The Kier molecular flexibility index (Phi) is 22.8. The molecule has 8 rings (SSSR count). The second-order valence-corrected chi connectivity index (χ2v) is 23.4. The minimum Gasteiger partial charge on any atom is -0.474 e. The number of carbonyl (C=O) groups excluding carboxylic acids is 4. The molecule has 462 valence electrons. The molecular formula is C62H77F3N10O10S. The molecular weight excluding hydrogens is 1130 g/mol. The van der Waals surface area contributed by atoms with Gasteiger partial charge in [0.05, 0.1) is 92.8 Å². The second kappa shape index (κ2) is 30.3. The number of carbonyl (C=O) groups is 4. The summed E-state index contributed by atoms with van der Waals surface area (Å²) in [6.45, 7) is 16.4. The van der Waals surface area contributed by atoms with Crippen molar-refractivity contribution in [1.82, 2.24) is 40.5 Å². The number of amides is 4. The number of nitrogens with zero attached hydrogens (tertiary/aromatic N) is 7. The number of benzene rings is 3. The van der Waals surface area contributed by atoms with Crippen LogP contribution in [0.3, 0.4) is 0 Å². The number of β-amino-alcohol motifs (C(OH)–C–C–N with tert-alkyl or cyclic N) is 1. The number of aliphatic hydroxyl groups excluding tert-OH is 1. The van der Waals surface area contributed by atoms with E-state index in [0.29, 0.717) is 83.0 Å². The molecule has 4 N–H and O–H groups in total. The first-order chi connectivity index (χ1) is 41.2. The molecule has 6 aromatic rings. The number of thiazole rings is 1. The third kappa shape index (κ3) is 18.1. The van der Waals surface area contributed by atoms with Crippen LogP contribution >= 0.6 is 11.3 Å². The number of hydrogen-bond acceptors (Lipinski definition) is 16. The van der Waals surface area contributed by atoms with E-state index in [0.717, 1.165) is 69.1 Å². The number of anilines is 2. The van der Waals surface area contributed by atoms with Gasteiger partial charge in [-0.2, -0.15) is 13.2 Å². The Morgan fingerprint density at radius 3 is 2.29 bits per heavy atom. The number of aromatic nitrogens is 5. The third-order valence-corrected chi connectivity index (χ3v) is 15.8. The average Bonchev–Trinajstić information content (AvgIpc) is 2.50. The highest BCUT2D eigenvalue weighted by Gasteiger charge is 2.45. The zero-order chi connectivity index (χ0) is 61.4. The Balaban J connectivity index is 0.690. The molecule has 2 aliphatic heterocycles. The van der Waals surface area contributed by atoms with E-state index in [1.165, 1.54) is 17.0 Å². The zero-order valence-electron chi connectivity index (χ0n) is 49.5. The number of pyridine rings is 1.